The number of ether oxygens (including phenoxy) is 1. The summed E-state index contributed by atoms with van der Waals surface area (Å²) in [6.45, 7) is 0. The zero-order valence-corrected chi connectivity index (χ0v) is 14.9. The minimum absolute atomic E-state index is 0.240. The molecule has 132 valence electrons. The quantitative estimate of drug-likeness (QED) is 0.756. The number of carbonyl (C=O) groups is 1. The summed E-state index contributed by atoms with van der Waals surface area (Å²) in [4.78, 5) is 12.3. The maximum Gasteiger partial charge on any atom is 0.319 e. The Bertz CT molecular complexity index is 914. The molecule has 1 aliphatic heterocycles. The van der Waals surface area contributed by atoms with Crippen molar-refractivity contribution in [3.8, 4) is 17.6 Å². The molecule has 6 heteroatoms. The molecule has 1 saturated carbocycles. The fraction of sp³-hybridized carbons (Fsp3) is 0.300. The summed E-state index contributed by atoms with van der Waals surface area (Å²) in [6.07, 6.45) is 4.88. The summed E-state index contributed by atoms with van der Waals surface area (Å²) >= 11 is 6.39. The number of carbonyl (C=O) groups excluding carboxylic acids is 1. The van der Waals surface area contributed by atoms with Crippen molar-refractivity contribution in [2.24, 2.45) is 0 Å². The highest BCUT2D eigenvalue weighted by atomic mass is 35.5. The van der Waals surface area contributed by atoms with Gasteiger partial charge in [-0.25, -0.2) is 4.79 Å². The second-order valence-electron chi connectivity index (χ2n) is 6.73. The zero-order chi connectivity index (χ0) is 18.1. The van der Waals surface area contributed by atoms with Gasteiger partial charge in [0.05, 0.1) is 21.8 Å². The molecule has 0 saturated heterocycles. The second kappa shape index (κ2) is 6.54. The van der Waals surface area contributed by atoms with Crippen LogP contribution < -0.4 is 15.4 Å². The van der Waals surface area contributed by atoms with Gasteiger partial charge in [-0.15, -0.1) is 0 Å². The Labute approximate surface area is 156 Å². The van der Waals surface area contributed by atoms with E-state index in [0.717, 1.165) is 37.7 Å². The number of hydrogen-bond acceptors (Lipinski definition) is 3. The van der Waals surface area contributed by atoms with Crippen LogP contribution in [0.15, 0.2) is 36.4 Å². The van der Waals surface area contributed by atoms with E-state index < -0.39 is 5.54 Å². The van der Waals surface area contributed by atoms with E-state index in [2.05, 4.69) is 16.7 Å². The second-order valence-corrected chi connectivity index (χ2v) is 7.13. The number of nitrogens with one attached hydrogen (secondary N) is 2. The van der Waals surface area contributed by atoms with E-state index in [1.807, 2.05) is 12.1 Å². The first-order chi connectivity index (χ1) is 12.6. The van der Waals surface area contributed by atoms with Crippen LogP contribution in [-0.4, -0.2) is 6.03 Å². The Morgan fingerprint density at radius 3 is 2.62 bits per heavy atom. The van der Waals surface area contributed by atoms with E-state index in [9.17, 15) is 10.1 Å². The van der Waals surface area contributed by atoms with Crippen molar-refractivity contribution in [1.29, 1.82) is 5.26 Å². The molecular formula is C20H18ClN3O2. The summed E-state index contributed by atoms with van der Waals surface area (Å²) < 4.78 is 6.14. The summed E-state index contributed by atoms with van der Waals surface area (Å²) in [7, 11) is 0. The van der Waals surface area contributed by atoms with E-state index in [-0.39, 0.29) is 6.03 Å². The van der Waals surface area contributed by atoms with Crippen molar-refractivity contribution < 1.29 is 9.53 Å². The highest BCUT2D eigenvalue weighted by molar-refractivity contribution is 6.34. The zero-order valence-electron chi connectivity index (χ0n) is 14.1. The lowest BCUT2D eigenvalue weighted by atomic mass is 9.74. The van der Waals surface area contributed by atoms with Crippen LogP contribution in [0.1, 0.15) is 43.2 Å². The molecular weight excluding hydrogens is 350 g/mol. The third-order valence-corrected chi connectivity index (χ3v) is 5.44. The molecule has 2 N–H and O–H groups in total. The first-order valence-corrected chi connectivity index (χ1v) is 9.10. The SMILES string of the molecule is N#Cc1ccccc1Oc1ccc(Cl)c2c1C1(CCCCC1)NC(=O)N2. The minimum atomic E-state index is -0.488. The fourth-order valence-electron chi connectivity index (χ4n) is 3.96. The predicted molar refractivity (Wildman–Crippen MR) is 99.6 cm³/mol. The van der Waals surface area contributed by atoms with E-state index in [1.54, 1.807) is 24.3 Å². The number of para-hydroxylation sites is 1. The number of nitrogens with zero attached hydrogens (tertiary/aromatic N) is 1. The molecule has 1 aliphatic carbocycles. The third-order valence-electron chi connectivity index (χ3n) is 5.12. The lowest BCUT2D eigenvalue weighted by Gasteiger charge is -2.43. The van der Waals surface area contributed by atoms with Gasteiger partial charge in [0, 0.05) is 5.56 Å². The Balaban J connectivity index is 1.86. The summed E-state index contributed by atoms with van der Waals surface area (Å²) in [5, 5.41) is 15.8. The molecule has 2 aromatic carbocycles. The van der Waals surface area contributed by atoms with Crippen LogP contribution in [0.25, 0.3) is 0 Å². The van der Waals surface area contributed by atoms with E-state index >= 15 is 0 Å². The molecule has 2 aliphatic rings. The van der Waals surface area contributed by atoms with Crippen molar-refractivity contribution >= 4 is 23.3 Å². The molecule has 0 bridgehead atoms. The van der Waals surface area contributed by atoms with Crippen molar-refractivity contribution in [2.75, 3.05) is 5.32 Å². The van der Waals surface area contributed by atoms with Crippen LogP contribution >= 0.6 is 11.6 Å². The van der Waals surface area contributed by atoms with E-state index in [4.69, 9.17) is 16.3 Å². The molecule has 1 fully saturated rings. The minimum Gasteiger partial charge on any atom is -0.456 e. The maximum absolute atomic E-state index is 12.3. The number of fused-ring (bicyclic) bond motifs is 2. The van der Waals surface area contributed by atoms with Gasteiger partial charge in [0.15, 0.2) is 0 Å². The Morgan fingerprint density at radius 1 is 1.08 bits per heavy atom. The van der Waals surface area contributed by atoms with Gasteiger partial charge in [-0.05, 0) is 37.1 Å². The lowest BCUT2D eigenvalue weighted by molar-refractivity contribution is 0.206. The maximum atomic E-state index is 12.3. The number of amides is 2. The molecule has 2 amide bonds. The summed E-state index contributed by atoms with van der Waals surface area (Å²) in [5.74, 6) is 1.10. The molecule has 0 atom stereocenters. The van der Waals surface area contributed by atoms with Crippen molar-refractivity contribution in [3.63, 3.8) is 0 Å². The number of urea groups is 1. The summed E-state index contributed by atoms with van der Waals surface area (Å²) in [6, 6.07) is 12.5. The van der Waals surface area contributed by atoms with Crippen molar-refractivity contribution in [3.05, 3.63) is 52.5 Å². The smallest absolute Gasteiger partial charge is 0.319 e. The highest BCUT2D eigenvalue weighted by Gasteiger charge is 2.43. The Hall–Kier alpha value is -2.71. The molecule has 0 unspecified atom stereocenters. The average molecular weight is 368 g/mol. The molecule has 0 aromatic heterocycles. The van der Waals surface area contributed by atoms with Crippen LogP contribution in [0.4, 0.5) is 10.5 Å². The van der Waals surface area contributed by atoms with Crippen molar-refractivity contribution in [2.45, 2.75) is 37.6 Å². The van der Waals surface area contributed by atoms with Crippen molar-refractivity contribution in [1.82, 2.24) is 5.32 Å². The molecule has 4 rings (SSSR count). The largest absolute Gasteiger partial charge is 0.456 e. The first-order valence-electron chi connectivity index (χ1n) is 8.72. The first kappa shape index (κ1) is 16.7. The van der Waals surface area contributed by atoms with Crippen LogP contribution in [0.5, 0.6) is 11.5 Å². The monoisotopic (exact) mass is 367 g/mol. The molecule has 26 heavy (non-hydrogen) atoms. The Kier molecular flexibility index (Phi) is 4.21. The van der Waals surface area contributed by atoms with Crippen LogP contribution in [-0.2, 0) is 5.54 Å². The number of hydrogen-bond donors (Lipinski definition) is 2. The Morgan fingerprint density at radius 2 is 1.85 bits per heavy atom. The highest BCUT2D eigenvalue weighted by Crippen LogP contribution is 2.50. The molecule has 0 radical (unpaired) electrons. The van der Waals surface area contributed by atoms with E-state index in [1.165, 1.54) is 0 Å². The molecule has 1 heterocycles. The van der Waals surface area contributed by atoms with E-state index in [0.29, 0.717) is 27.8 Å². The van der Waals surface area contributed by atoms with Gasteiger partial charge in [0.2, 0.25) is 0 Å². The normalized spacial score (nSPS) is 17.6. The number of anilines is 1. The number of benzene rings is 2. The van der Waals surface area contributed by atoms with Gasteiger partial charge >= 0.3 is 6.03 Å². The predicted octanol–water partition coefficient (Wildman–Crippen LogP) is 5.30. The topological polar surface area (TPSA) is 74.1 Å². The molecule has 5 nitrogen and oxygen atoms in total. The van der Waals surface area contributed by atoms with Crippen LogP contribution in [0.3, 0.4) is 0 Å². The summed E-state index contributed by atoms with van der Waals surface area (Å²) in [5.41, 5.74) is 1.44. The van der Waals surface area contributed by atoms with Crippen LogP contribution in [0.2, 0.25) is 5.02 Å². The van der Waals surface area contributed by atoms with Gasteiger partial charge in [-0.3, -0.25) is 0 Å². The van der Waals surface area contributed by atoms with Gasteiger partial charge in [-0.2, -0.15) is 5.26 Å². The number of nitriles is 1. The lowest BCUT2D eigenvalue weighted by Crippen LogP contribution is -2.52. The number of rotatable bonds is 2. The van der Waals surface area contributed by atoms with Gasteiger partial charge in [0.25, 0.3) is 0 Å². The van der Waals surface area contributed by atoms with Gasteiger partial charge < -0.3 is 15.4 Å². The third kappa shape index (κ3) is 2.77. The fourth-order valence-corrected chi connectivity index (χ4v) is 4.17. The standard InChI is InChI=1S/C20H18ClN3O2/c21-14-8-9-16(26-15-7-3-2-6-13(15)12-22)17-18(14)23-19(25)24-20(17)10-4-1-5-11-20/h2-3,6-9H,1,4-5,10-11H2,(H2,23,24,25). The van der Waals surface area contributed by atoms with Crippen LogP contribution in [0, 0.1) is 11.3 Å². The van der Waals surface area contributed by atoms with Gasteiger partial charge in [0.1, 0.15) is 17.6 Å². The number of halogens is 1. The molecule has 2 aromatic rings. The average Bonchev–Trinajstić information content (AvgIpc) is 2.65. The van der Waals surface area contributed by atoms with Gasteiger partial charge in [-0.1, -0.05) is 43.0 Å². The molecule has 1 spiro atoms.